The molecule has 0 unspecified atom stereocenters. The van der Waals surface area contributed by atoms with Crippen LogP contribution in [0.1, 0.15) is 43.2 Å². The molecule has 0 bridgehead atoms. The normalized spacial score (nSPS) is 16.2. The molecule has 4 heterocycles. The standard InChI is InChI=1S/C23H27N7OS/c1-4-29-16(10-18(31)30(14-5-6-14)15-7-8-15)9-17-20-19(25-12-28(20)3)21(26-22(17)29)27-23-24-11-13(2)32-23/h9,11-12,14-15H,4-8,10H2,1-3H3,(H,24,26,27). The Morgan fingerprint density at radius 3 is 2.62 bits per heavy atom. The summed E-state index contributed by atoms with van der Waals surface area (Å²) in [6, 6.07) is 3.08. The molecule has 0 aliphatic heterocycles. The van der Waals surface area contributed by atoms with Gasteiger partial charge in [0.05, 0.1) is 18.3 Å². The number of aryl methyl sites for hydroxylation is 3. The molecule has 1 amide bonds. The summed E-state index contributed by atoms with van der Waals surface area (Å²) in [6.45, 7) is 4.90. The summed E-state index contributed by atoms with van der Waals surface area (Å²) in [5.41, 5.74) is 3.74. The van der Waals surface area contributed by atoms with Crippen molar-refractivity contribution in [3.63, 3.8) is 0 Å². The highest BCUT2D eigenvalue weighted by Crippen LogP contribution is 2.38. The summed E-state index contributed by atoms with van der Waals surface area (Å²) in [6.07, 6.45) is 8.71. The van der Waals surface area contributed by atoms with Crippen molar-refractivity contribution in [1.82, 2.24) is 29.0 Å². The third kappa shape index (κ3) is 3.26. The molecule has 1 N–H and O–H groups in total. The lowest BCUT2D eigenvalue weighted by Gasteiger charge is -2.22. The Kier molecular flexibility index (Phi) is 4.50. The van der Waals surface area contributed by atoms with Gasteiger partial charge >= 0.3 is 0 Å². The van der Waals surface area contributed by atoms with E-state index in [1.807, 2.05) is 31.1 Å². The fraction of sp³-hybridized carbons (Fsp3) is 0.478. The van der Waals surface area contributed by atoms with Crippen LogP contribution in [0.25, 0.3) is 22.1 Å². The van der Waals surface area contributed by atoms with E-state index in [1.165, 1.54) is 0 Å². The Morgan fingerprint density at radius 1 is 1.25 bits per heavy atom. The lowest BCUT2D eigenvalue weighted by Crippen LogP contribution is -2.36. The predicted octanol–water partition coefficient (Wildman–Crippen LogP) is 4.15. The first-order chi connectivity index (χ1) is 15.5. The number of anilines is 2. The molecule has 6 rings (SSSR count). The maximum absolute atomic E-state index is 13.3. The van der Waals surface area contributed by atoms with Crippen molar-refractivity contribution >= 4 is 50.3 Å². The van der Waals surface area contributed by atoms with Crippen LogP contribution in [0.5, 0.6) is 0 Å². The summed E-state index contributed by atoms with van der Waals surface area (Å²) >= 11 is 1.59. The van der Waals surface area contributed by atoms with E-state index in [0.717, 1.165) is 70.0 Å². The van der Waals surface area contributed by atoms with Crippen LogP contribution in [-0.2, 0) is 24.8 Å². The van der Waals surface area contributed by atoms with Gasteiger partial charge in [-0.05, 0) is 45.6 Å². The molecular weight excluding hydrogens is 422 g/mol. The highest BCUT2D eigenvalue weighted by Gasteiger charge is 2.42. The van der Waals surface area contributed by atoms with Crippen LogP contribution in [-0.4, -0.2) is 47.0 Å². The number of nitrogens with one attached hydrogen (secondary N) is 1. The number of nitrogens with zero attached hydrogens (tertiary/aromatic N) is 6. The van der Waals surface area contributed by atoms with Gasteiger partial charge in [0, 0.05) is 47.8 Å². The summed E-state index contributed by atoms with van der Waals surface area (Å²) in [5, 5.41) is 5.21. The monoisotopic (exact) mass is 449 g/mol. The van der Waals surface area contributed by atoms with E-state index in [2.05, 4.69) is 37.7 Å². The van der Waals surface area contributed by atoms with Crippen LogP contribution >= 0.6 is 11.3 Å². The Balaban J connectivity index is 1.44. The zero-order valence-corrected chi connectivity index (χ0v) is 19.4. The Morgan fingerprint density at radius 2 is 2.00 bits per heavy atom. The van der Waals surface area contributed by atoms with Gasteiger partial charge in [0.15, 0.2) is 10.9 Å². The Labute approximate surface area is 190 Å². The van der Waals surface area contributed by atoms with E-state index >= 15 is 0 Å². The molecule has 2 aliphatic carbocycles. The van der Waals surface area contributed by atoms with Gasteiger partial charge in [-0.2, -0.15) is 0 Å². The van der Waals surface area contributed by atoms with Crippen LogP contribution in [0.3, 0.4) is 0 Å². The quantitative estimate of drug-likeness (QED) is 0.458. The highest BCUT2D eigenvalue weighted by molar-refractivity contribution is 7.15. The third-order valence-corrected chi connectivity index (χ3v) is 7.28. The van der Waals surface area contributed by atoms with Crippen molar-refractivity contribution < 1.29 is 4.79 Å². The molecule has 0 radical (unpaired) electrons. The largest absolute Gasteiger partial charge is 0.336 e. The van der Waals surface area contributed by atoms with Crippen LogP contribution < -0.4 is 5.32 Å². The second-order valence-corrected chi connectivity index (χ2v) is 10.2. The van der Waals surface area contributed by atoms with E-state index in [0.29, 0.717) is 24.3 Å². The maximum atomic E-state index is 13.3. The molecule has 4 aromatic heterocycles. The predicted molar refractivity (Wildman–Crippen MR) is 126 cm³/mol. The molecule has 166 valence electrons. The average Bonchev–Trinajstić information content (AvgIpc) is 3.67. The molecule has 8 nitrogen and oxygen atoms in total. The summed E-state index contributed by atoms with van der Waals surface area (Å²) < 4.78 is 4.21. The highest BCUT2D eigenvalue weighted by atomic mass is 32.1. The minimum Gasteiger partial charge on any atom is -0.336 e. The van der Waals surface area contributed by atoms with Crippen LogP contribution in [0, 0.1) is 6.92 Å². The molecule has 9 heteroatoms. The van der Waals surface area contributed by atoms with Crippen molar-refractivity contribution in [3.05, 3.63) is 29.2 Å². The van der Waals surface area contributed by atoms with E-state index < -0.39 is 0 Å². The summed E-state index contributed by atoms with van der Waals surface area (Å²) in [7, 11) is 2.00. The average molecular weight is 450 g/mol. The molecule has 2 saturated carbocycles. The molecule has 4 aromatic rings. The number of carbonyl (C=O) groups excluding carboxylic acids is 1. The number of hydrogen-bond acceptors (Lipinski definition) is 6. The Bertz CT molecular complexity index is 1330. The lowest BCUT2D eigenvalue weighted by atomic mass is 10.2. The van der Waals surface area contributed by atoms with Crippen LogP contribution in [0.4, 0.5) is 10.9 Å². The number of fused-ring (bicyclic) bond motifs is 3. The Hall–Kier alpha value is -2.94. The second kappa shape index (κ2) is 7.30. The molecule has 0 saturated heterocycles. The first-order valence-corrected chi connectivity index (χ1v) is 12.2. The van der Waals surface area contributed by atoms with Crippen molar-refractivity contribution in [2.75, 3.05) is 5.32 Å². The van der Waals surface area contributed by atoms with Crippen molar-refractivity contribution in [2.24, 2.45) is 7.05 Å². The summed E-state index contributed by atoms with van der Waals surface area (Å²) in [5.74, 6) is 0.955. The minimum atomic E-state index is 0.255. The maximum Gasteiger partial charge on any atom is 0.229 e. The first kappa shape index (κ1) is 19.7. The number of rotatable bonds is 7. The third-order valence-electron chi connectivity index (χ3n) is 6.45. The number of imidazole rings is 1. The number of carbonyl (C=O) groups is 1. The number of amides is 1. The molecule has 2 aliphatic rings. The van der Waals surface area contributed by atoms with E-state index in [1.54, 1.807) is 11.3 Å². The van der Waals surface area contributed by atoms with E-state index in [9.17, 15) is 4.79 Å². The fourth-order valence-corrected chi connectivity index (χ4v) is 5.39. The number of hydrogen-bond donors (Lipinski definition) is 1. The number of aromatic nitrogens is 5. The molecule has 0 aromatic carbocycles. The zero-order chi connectivity index (χ0) is 22.0. The van der Waals surface area contributed by atoms with Gasteiger partial charge < -0.3 is 19.4 Å². The van der Waals surface area contributed by atoms with E-state index in [4.69, 9.17) is 4.98 Å². The van der Waals surface area contributed by atoms with Gasteiger partial charge in [-0.25, -0.2) is 15.0 Å². The van der Waals surface area contributed by atoms with Gasteiger partial charge in [-0.3, -0.25) is 4.79 Å². The molecule has 0 spiro atoms. The van der Waals surface area contributed by atoms with Crippen molar-refractivity contribution in [3.8, 4) is 0 Å². The number of pyridine rings is 1. The topological polar surface area (TPSA) is 80.9 Å². The van der Waals surface area contributed by atoms with Crippen LogP contribution in [0.15, 0.2) is 18.6 Å². The van der Waals surface area contributed by atoms with Crippen molar-refractivity contribution in [1.29, 1.82) is 0 Å². The van der Waals surface area contributed by atoms with Gasteiger partial charge in [-0.15, -0.1) is 11.3 Å². The fourth-order valence-electron chi connectivity index (χ4n) is 4.72. The van der Waals surface area contributed by atoms with E-state index in [-0.39, 0.29) is 5.91 Å². The van der Waals surface area contributed by atoms with Gasteiger partial charge in [0.25, 0.3) is 0 Å². The summed E-state index contributed by atoms with van der Waals surface area (Å²) in [4.78, 5) is 30.6. The van der Waals surface area contributed by atoms with Gasteiger partial charge in [-0.1, -0.05) is 0 Å². The SMILES string of the molecule is CCn1c(CC(=O)N(C2CC2)C2CC2)cc2c3c(ncn3C)c(Nc3ncc(C)s3)nc21. The van der Waals surface area contributed by atoms with Crippen molar-refractivity contribution in [2.45, 2.75) is 64.6 Å². The molecule has 0 atom stereocenters. The van der Waals surface area contributed by atoms with Gasteiger partial charge in [0.1, 0.15) is 11.2 Å². The van der Waals surface area contributed by atoms with Crippen LogP contribution in [0.2, 0.25) is 0 Å². The minimum absolute atomic E-state index is 0.255. The molecular formula is C23H27N7OS. The lowest BCUT2D eigenvalue weighted by molar-refractivity contribution is -0.131. The number of thiazole rings is 1. The second-order valence-electron chi connectivity index (χ2n) is 8.97. The zero-order valence-electron chi connectivity index (χ0n) is 18.6. The molecule has 32 heavy (non-hydrogen) atoms. The smallest absolute Gasteiger partial charge is 0.229 e. The van der Waals surface area contributed by atoms with Gasteiger partial charge in [0.2, 0.25) is 5.91 Å². The molecule has 2 fully saturated rings. The first-order valence-electron chi connectivity index (χ1n) is 11.4.